The van der Waals surface area contributed by atoms with Gasteiger partial charge in [0.2, 0.25) is 0 Å². The van der Waals surface area contributed by atoms with Gasteiger partial charge in [0, 0.05) is 23.0 Å². The maximum absolute atomic E-state index is 13.7. The van der Waals surface area contributed by atoms with Crippen LogP contribution >= 0.6 is 0 Å². The number of nitrogens with two attached hydrogens (primary N) is 1. The first-order valence-corrected chi connectivity index (χ1v) is 5.79. The van der Waals surface area contributed by atoms with Crippen LogP contribution < -0.4 is 15.8 Å². The van der Waals surface area contributed by atoms with Crippen molar-refractivity contribution in [3.8, 4) is 5.75 Å². The minimum Gasteiger partial charge on any atom is -0.497 e. The zero-order valence-electron chi connectivity index (χ0n) is 10.7. The van der Waals surface area contributed by atoms with Crippen molar-refractivity contribution >= 4 is 17.1 Å². The van der Waals surface area contributed by atoms with E-state index in [1.165, 1.54) is 37.4 Å². The molecule has 0 aliphatic heterocycles. The number of anilines is 3. The van der Waals surface area contributed by atoms with Gasteiger partial charge in [0.05, 0.1) is 12.8 Å². The molecule has 0 aromatic heterocycles. The zero-order chi connectivity index (χ0) is 14.7. The molecular weight excluding hydrogens is 269 g/mol. The highest BCUT2D eigenvalue weighted by Gasteiger charge is 2.15. The Morgan fingerprint density at radius 2 is 1.85 bits per heavy atom. The first-order valence-electron chi connectivity index (χ1n) is 5.79. The van der Waals surface area contributed by atoms with Gasteiger partial charge in [-0.1, -0.05) is 0 Å². The van der Waals surface area contributed by atoms with Gasteiger partial charge in [-0.25, -0.2) is 13.2 Å². The number of nitrogen functional groups attached to an aromatic ring is 1. The standard InChI is InChI=1S/C14H13F3N2O/c1-20-9-3-4-11(15)13(7-9)19-12-5-2-8(18)6-10(12)14(16)17/h2-7,14,19H,18H2,1H3. The predicted octanol–water partition coefficient (Wildman–Crippen LogP) is 4.10. The molecule has 6 heteroatoms. The van der Waals surface area contributed by atoms with E-state index >= 15 is 0 Å². The number of halogens is 3. The highest BCUT2D eigenvalue weighted by Crippen LogP contribution is 2.32. The summed E-state index contributed by atoms with van der Waals surface area (Å²) in [6.07, 6.45) is -2.71. The number of hydrogen-bond donors (Lipinski definition) is 2. The second-order valence-corrected chi connectivity index (χ2v) is 4.12. The molecule has 0 heterocycles. The number of ether oxygens (including phenoxy) is 1. The summed E-state index contributed by atoms with van der Waals surface area (Å²) in [4.78, 5) is 0. The summed E-state index contributed by atoms with van der Waals surface area (Å²) in [5.41, 5.74) is 5.56. The van der Waals surface area contributed by atoms with Crippen LogP contribution in [0.2, 0.25) is 0 Å². The number of hydrogen-bond acceptors (Lipinski definition) is 3. The van der Waals surface area contributed by atoms with Gasteiger partial charge >= 0.3 is 0 Å². The van der Waals surface area contributed by atoms with Crippen LogP contribution in [0.1, 0.15) is 12.0 Å². The molecule has 2 rings (SSSR count). The van der Waals surface area contributed by atoms with Crippen molar-refractivity contribution in [1.82, 2.24) is 0 Å². The van der Waals surface area contributed by atoms with E-state index in [1.54, 1.807) is 0 Å². The monoisotopic (exact) mass is 282 g/mol. The van der Waals surface area contributed by atoms with Crippen molar-refractivity contribution in [2.75, 3.05) is 18.2 Å². The van der Waals surface area contributed by atoms with E-state index in [2.05, 4.69) is 5.32 Å². The minimum absolute atomic E-state index is 0.0519. The smallest absolute Gasteiger partial charge is 0.265 e. The lowest BCUT2D eigenvalue weighted by Crippen LogP contribution is -2.00. The maximum Gasteiger partial charge on any atom is 0.265 e. The Kier molecular flexibility index (Phi) is 4.02. The number of rotatable bonds is 4. The van der Waals surface area contributed by atoms with Crippen LogP contribution in [0, 0.1) is 5.82 Å². The molecule has 0 saturated carbocycles. The van der Waals surface area contributed by atoms with Gasteiger partial charge in [0.1, 0.15) is 11.6 Å². The third-order valence-corrected chi connectivity index (χ3v) is 2.75. The van der Waals surface area contributed by atoms with Gasteiger partial charge in [-0.3, -0.25) is 0 Å². The summed E-state index contributed by atoms with van der Waals surface area (Å²) in [6.45, 7) is 0. The van der Waals surface area contributed by atoms with E-state index < -0.39 is 12.2 Å². The second kappa shape index (κ2) is 5.73. The highest BCUT2D eigenvalue weighted by molar-refractivity contribution is 5.67. The molecule has 0 unspecified atom stereocenters. The first-order chi connectivity index (χ1) is 9.51. The van der Waals surface area contributed by atoms with Crippen molar-refractivity contribution in [3.63, 3.8) is 0 Å². The Labute approximate surface area is 114 Å². The molecule has 0 aliphatic carbocycles. The van der Waals surface area contributed by atoms with Gasteiger partial charge in [0.25, 0.3) is 6.43 Å². The fourth-order valence-electron chi connectivity index (χ4n) is 1.75. The molecule has 0 amide bonds. The van der Waals surface area contributed by atoms with Crippen molar-refractivity contribution in [2.45, 2.75) is 6.43 Å². The average Bonchev–Trinajstić information content (AvgIpc) is 2.42. The van der Waals surface area contributed by atoms with E-state index in [9.17, 15) is 13.2 Å². The highest BCUT2D eigenvalue weighted by atomic mass is 19.3. The van der Waals surface area contributed by atoms with Crippen LogP contribution in [0.5, 0.6) is 5.75 Å². The summed E-state index contributed by atoms with van der Waals surface area (Å²) in [6, 6.07) is 8.03. The molecule has 3 N–H and O–H groups in total. The molecule has 0 bridgehead atoms. The molecular formula is C14H13F3N2O. The molecule has 0 radical (unpaired) electrons. The molecule has 106 valence electrons. The summed E-state index contributed by atoms with van der Waals surface area (Å²) in [5, 5.41) is 2.63. The Morgan fingerprint density at radius 1 is 1.10 bits per heavy atom. The van der Waals surface area contributed by atoms with Crippen LogP contribution in [0.3, 0.4) is 0 Å². The molecule has 0 fully saturated rings. The van der Waals surface area contributed by atoms with Gasteiger partial charge in [-0.15, -0.1) is 0 Å². The van der Waals surface area contributed by atoms with Crippen LogP contribution in [0.15, 0.2) is 36.4 Å². The Balaban J connectivity index is 2.39. The lowest BCUT2D eigenvalue weighted by atomic mass is 10.1. The normalized spacial score (nSPS) is 10.7. The fourth-order valence-corrected chi connectivity index (χ4v) is 1.75. The van der Waals surface area contributed by atoms with E-state index in [0.29, 0.717) is 5.75 Å². The summed E-state index contributed by atoms with van der Waals surface area (Å²) < 4.78 is 44.5. The fraction of sp³-hybridized carbons (Fsp3) is 0.143. The largest absolute Gasteiger partial charge is 0.497 e. The van der Waals surface area contributed by atoms with Crippen LogP contribution in [0.4, 0.5) is 30.2 Å². The van der Waals surface area contributed by atoms with Gasteiger partial charge in [-0.05, 0) is 30.3 Å². The Hall–Kier alpha value is -2.37. The zero-order valence-corrected chi connectivity index (χ0v) is 10.7. The first kappa shape index (κ1) is 14.0. The molecule has 20 heavy (non-hydrogen) atoms. The molecule has 2 aromatic carbocycles. The number of alkyl halides is 2. The summed E-state index contributed by atoms with van der Waals surface area (Å²) in [7, 11) is 1.44. The Morgan fingerprint density at radius 3 is 2.50 bits per heavy atom. The van der Waals surface area contributed by atoms with E-state index in [1.807, 2.05) is 0 Å². The molecule has 2 aromatic rings. The number of methoxy groups -OCH3 is 1. The topological polar surface area (TPSA) is 47.3 Å². The maximum atomic E-state index is 13.7. The lowest BCUT2D eigenvalue weighted by Gasteiger charge is -2.13. The molecule has 3 nitrogen and oxygen atoms in total. The van der Waals surface area contributed by atoms with E-state index in [-0.39, 0.29) is 22.6 Å². The third-order valence-electron chi connectivity index (χ3n) is 2.75. The van der Waals surface area contributed by atoms with E-state index in [4.69, 9.17) is 10.5 Å². The number of benzene rings is 2. The summed E-state index contributed by atoms with van der Waals surface area (Å²) >= 11 is 0. The van der Waals surface area contributed by atoms with E-state index in [0.717, 1.165) is 6.07 Å². The molecule has 0 saturated heterocycles. The molecule has 0 atom stereocenters. The molecule has 0 spiro atoms. The van der Waals surface area contributed by atoms with Crippen LogP contribution in [0.25, 0.3) is 0 Å². The third kappa shape index (κ3) is 2.96. The van der Waals surface area contributed by atoms with Crippen LogP contribution in [-0.4, -0.2) is 7.11 Å². The van der Waals surface area contributed by atoms with Crippen molar-refractivity contribution in [2.24, 2.45) is 0 Å². The van der Waals surface area contributed by atoms with Crippen LogP contribution in [-0.2, 0) is 0 Å². The van der Waals surface area contributed by atoms with Crippen molar-refractivity contribution < 1.29 is 17.9 Å². The minimum atomic E-state index is -2.71. The van der Waals surface area contributed by atoms with Gasteiger partial charge in [-0.2, -0.15) is 0 Å². The molecule has 0 aliphatic rings. The SMILES string of the molecule is COc1ccc(F)c(Nc2ccc(N)cc2C(F)F)c1. The predicted molar refractivity (Wildman–Crippen MR) is 72.0 cm³/mol. The average molecular weight is 282 g/mol. The summed E-state index contributed by atoms with van der Waals surface area (Å²) in [5.74, 6) is -0.147. The quantitative estimate of drug-likeness (QED) is 0.830. The van der Waals surface area contributed by atoms with Gasteiger partial charge < -0.3 is 15.8 Å². The Bertz CT molecular complexity index is 617. The second-order valence-electron chi connectivity index (χ2n) is 4.12. The van der Waals surface area contributed by atoms with Crippen molar-refractivity contribution in [3.05, 3.63) is 47.8 Å². The van der Waals surface area contributed by atoms with Crippen molar-refractivity contribution in [1.29, 1.82) is 0 Å². The van der Waals surface area contributed by atoms with Gasteiger partial charge in [0.15, 0.2) is 0 Å². The lowest BCUT2D eigenvalue weighted by molar-refractivity contribution is 0.152. The number of nitrogens with one attached hydrogen (secondary N) is 1.